The van der Waals surface area contributed by atoms with Crippen LogP contribution in [0.5, 0.6) is 5.75 Å². The lowest BCUT2D eigenvalue weighted by Gasteiger charge is -2.27. The van der Waals surface area contributed by atoms with Gasteiger partial charge in [-0.2, -0.15) is 0 Å². The van der Waals surface area contributed by atoms with Gasteiger partial charge in [0.1, 0.15) is 11.8 Å². The van der Waals surface area contributed by atoms with Gasteiger partial charge in [0.2, 0.25) is 11.8 Å². The molecule has 0 saturated carbocycles. The van der Waals surface area contributed by atoms with Crippen molar-refractivity contribution in [2.24, 2.45) is 0 Å². The highest BCUT2D eigenvalue weighted by atomic mass is 16.5. The van der Waals surface area contributed by atoms with E-state index in [9.17, 15) is 9.59 Å². The Morgan fingerprint density at radius 1 is 0.871 bits per heavy atom. The number of likely N-dealkylation sites (N-methyl/N-ethyl adjacent to an activating group) is 1. The van der Waals surface area contributed by atoms with Crippen LogP contribution in [0.25, 0.3) is 0 Å². The minimum atomic E-state index is -0.621. The molecule has 3 aromatic carbocycles. The van der Waals surface area contributed by atoms with Crippen LogP contribution in [0.4, 0.5) is 11.4 Å². The van der Waals surface area contributed by atoms with Crippen molar-refractivity contribution in [3.8, 4) is 5.75 Å². The van der Waals surface area contributed by atoms with Crippen molar-refractivity contribution in [2.75, 3.05) is 31.3 Å². The van der Waals surface area contributed by atoms with Gasteiger partial charge in [0.15, 0.2) is 0 Å². The first-order valence-electron chi connectivity index (χ1n) is 10.0. The molecular formula is C25H27N3O3. The Morgan fingerprint density at radius 2 is 1.45 bits per heavy atom. The Hall–Kier alpha value is -3.64. The molecule has 0 bridgehead atoms. The Bertz CT molecular complexity index is 1000. The molecule has 0 aromatic heterocycles. The van der Waals surface area contributed by atoms with Crippen molar-refractivity contribution in [1.29, 1.82) is 0 Å². The zero-order valence-corrected chi connectivity index (χ0v) is 18.0. The Morgan fingerprint density at radius 3 is 2.06 bits per heavy atom. The highest BCUT2D eigenvalue weighted by Gasteiger charge is 2.26. The quantitative estimate of drug-likeness (QED) is 0.575. The summed E-state index contributed by atoms with van der Waals surface area (Å²) in [5, 5.41) is 5.82. The third kappa shape index (κ3) is 6.17. The molecule has 31 heavy (non-hydrogen) atoms. The largest absolute Gasteiger partial charge is 0.497 e. The fraction of sp³-hybridized carbons (Fsp3) is 0.200. The Kier molecular flexibility index (Phi) is 7.40. The van der Waals surface area contributed by atoms with Gasteiger partial charge in [-0.05, 0) is 55.9 Å². The second-order valence-electron chi connectivity index (χ2n) is 7.36. The van der Waals surface area contributed by atoms with Gasteiger partial charge in [-0.1, -0.05) is 48.0 Å². The molecule has 0 radical (unpaired) electrons. The van der Waals surface area contributed by atoms with Gasteiger partial charge in [0, 0.05) is 11.4 Å². The fourth-order valence-corrected chi connectivity index (χ4v) is 3.28. The minimum absolute atomic E-state index is 0.0485. The number of hydrogen-bond acceptors (Lipinski definition) is 4. The van der Waals surface area contributed by atoms with Crippen molar-refractivity contribution in [2.45, 2.75) is 13.0 Å². The summed E-state index contributed by atoms with van der Waals surface area (Å²) < 4.78 is 5.14. The molecule has 2 N–H and O–H groups in total. The zero-order valence-electron chi connectivity index (χ0n) is 18.0. The van der Waals surface area contributed by atoms with Crippen LogP contribution in [-0.2, 0) is 9.59 Å². The van der Waals surface area contributed by atoms with E-state index >= 15 is 0 Å². The standard InChI is InChI=1S/C25H27N3O3/c1-18-9-11-21(12-10-18)27-25(30)24(19-7-5-4-6-8-19)28(2)17-23(29)26-20-13-15-22(31-3)16-14-20/h4-16,24H,17H2,1-3H3,(H,26,29)(H,27,30)/t24-/m0/s1. The fourth-order valence-electron chi connectivity index (χ4n) is 3.28. The van der Waals surface area contributed by atoms with Gasteiger partial charge < -0.3 is 15.4 Å². The molecule has 3 aromatic rings. The molecule has 160 valence electrons. The first kappa shape index (κ1) is 22.1. The number of rotatable bonds is 8. The molecule has 3 rings (SSSR count). The maximum absolute atomic E-state index is 13.2. The van der Waals surface area contributed by atoms with Gasteiger partial charge in [-0.15, -0.1) is 0 Å². The lowest BCUT2D eigenvalue weighted by Crippen LogP contribution is -2.39. The van der Waals surface area contributed by atoms with Crippen molar-refractivity contribution in [3.63, 3.8) is 0 Å². The topological polar surface area (TPSA) is 70.7 Å². The summed E-state index contributed by atoms with van der Waals surface area (Å²) >= 11 is 0. The highest BCUT2D eigenvalue weighted by molar-refractivity contribution is 5.97. The summed E-state index contributed by atoms with van der Waals surface area (Å²) in [5.41, 5.74) is 3.31. The third-order valence-corrected chi connectivity index (χ3v) is 4.89. The average Bonchev–Trinajstić information content (AvgIpc) is 2.76. The average molecular weight is 418 g/mol. The summed E-state index contributed by atoms with van der Waals surface area (Å²) in [4.78, 5) is 27.5. The van der Waals surface area contributed by atoms with E-state index in [1.807, 2.05) is 61.5 Å². The first-order chi connectivity index (χ1) is 15.0. The summed E-state index contributed by atoms with van der Waals surface area (Å²) in [6.07, 6.45) is 0. The monoisotopic (exact) mass is 417 g/mol. The van der Waals surface area contributed by atoms with E-state index < -0.39 is 6.04 Å². The van der Waals surface area contributed by atoms with Crippen molar-refractivity contribution < 1.29 is 14.3 Å². The van der Waals surface area contributed by atoms with Crippen molar-refractivity contribution >= 4 is 23.2 Å². The van der Waals surface area contributed by atoms with Crippen LogP contribution >= 0.6 is 0 Å². The third-order valence-electron chi connectivity index (χ3n) is 4.89. The summed E-state index contributed by atoms with van der Waals surface area (Å²) in [7, 11) is 3.36. The molecule has 0 fully saturated rings. The Balaban J connectivity index is 1.72. The second kappa shape index (κ2) is 10.4. The molecule has 0 saturated heterocycles. The van der Waals surface area contributed by atoms with Crippen LogP contribution < -0.4 is 15.4 Å². The SMILES string of the molecule is COc1ccc(NC(=O)CN(C)[C@H](C(=O)Nc2ccc(C)cc2)c2ccccc2)cc1. The number of carbonyl (C=O) groups excluding carboxylic acids is 2. The molecule has 6 heteroatoms. The smallest absolute Gasteiger partial charge is 0.246 e. The number of hydrogen-bond donors (Lipinski definition) is 2. The maximum atomic E-state index is 13.2. The number of ether oxygens (including phenoxy) is 1. The molecule has 0 aliphatic heterocycles. The zero-order chi connectivity index (χ0) is 22.2. The molecule has 2 amide bonds. The van der Waals surface area contributed by atoms with Crippen LogP contribution in [-0.4, -0.2) is 37.4 Å². The molecular weight excluding hydrogens is 390 g/mol. The van der Waals surface area contributed by atoms with E-state index in [0.717, 1.165) is 11.1 Å². The molecule has 0 heterocycles. The predicted octanol–water partition coefficient (Wildman–Crippen LogP) is 4.25. The minimum Gasteiger partial charge on any atom is -0.497 e. The number of amides is 2. The highest BCUT2D eigenvalue weighted by Crippen LogP contribution is 2.22. The second-order valence-corrected chi connectivity index (χ2v) is 7.36. The predicted molar refractivity (Wildman–Crippen MR) is 123 cm³/mol. The molecule has 0 unspecified atom stereocenters. The van der Waals surface area contributed by atoms with Crippen molar-refractivity contribution in [3.05, 3.63) is 90.0 Å². The van der Waals surface area contributed by atoms with Gasteiger partial charge in [-0.3, -0.25) is 14.5 Å². The Labute approximate surface area is 182 Å². The van der Waals surface area contributed by atoms with Crippen LogP contribution in [0.15, 0.2) is 78.9 Å². The normalized spacial score (nSPS) is 11.6. The van der Waals surface area contributed by atoms with E-state index in [1.165, 1.54) is 0 Å². The number of nitrogens with one attached hydrogen (secondary N) is 2. The number of carbonyl (C=O) groups is 2. The van der Waals surface area contributed by atoms with Gasteiger partial charge in [0.05, 0.1) is 13.7 Å². The maximum Gasteiger partial charge on any atom is 0.246 e. The number of methoxy groups -OCH3 is 1. The van der Waals surface area contributed by atoms with Gasteiger partial charge >= 0.3 is 0 Å². The van der Waals surface area contributed by atoms with E-state index in [2.05, 4.69) is 10.6 Å². The lowest BCUT2D eigenvalue weighted by atomic mass is 10.0. The number of anilines is 2. The van der Waals surface area contributed by atoms with E-state index in [0.29, 0.717) is 17.1 Å². The lowest BCUT2D eigenvalue weighted by molar-refractivity contribution is -0.123. The molecule has 0 spiro atoms. The summed E-state index contributed by atoms with van der Waals surface area (Å²) in [5.74, 6) is 0.304. The van der Waals surface area contributed by atoms with E-state index in [-0.39, 0.29) is 18.4 Å². The number of aryl methyl sites for hydroxylation is 1. The molecule has 1 atom stereocenters. The van der Waals surface area contributed by atoms with Crippen LogP contribution in [0.1, 0.15) is 17.2 Å². The molecule has 6 nitrogen and oxygen atoms in total. The van der Waals surface area contributed by atoms with Crippen LogP contribution in [0.2, 0.25) is 0 Å². The van der Waals surface area contributed by atoms with Gasteiger partial charge in [-0.25, -0.2) is 0 Å². The molecule has 0 aliphatic rings. The van der Waals surface area contributed by atoms with E-state index in [1.54, 1.807) is 43.3 Å². The number of nitrogens with zero attached hydrogens (tertiary/aromatic N) is 1. The first-order valence-corrected chi connectivity index (χ1v) is 10.0. The van der Waals surface area contributed by atoms with E-state index in [4.69, 9.17) is 4.74 Å². The van der Waals surface area contributed by atoms with Gasteiger partial charge in [0.25, 0.3) is 0 Å². The van der Waals surface area contributed by atoms with Crippen LogP contribution in [0, 0.1) is 6.92 Å². The summed E-state index contributed by atoms with van der Waals surface area (Å²) in [6, 6.07) is 23.5. The number of benzene rings is 3. The van der Waals surface area contributed by atoms with Crippen LogP contribution in [0.3, 0.4) is 0 Å². The van der Waals surface area contributed by atoms with Crippen molar-refractivity contribution in [1.82, 2.24) is 4.90 Å². The summed E-state index contributed by atoms with van der Waals surface area (Å²) in [6.45, 7) is 2.04. The molecule has 0 aliphatic carbocycles.